The summed E-state index contributed by atoms with van der Waals surface area (Å²) in [5, 5.41) is 10.5. The molecule has 0 bridgehead atoms. The summed E-state index contributed by atoms with van der Waals surface area (Å²) in [5.41, 5.74) is 2.17. The van der Waals surface area contributed by atoms with Gasteiger partial charge in [0.25, 0.3) is 0 Å². The smallest absolute Gasteiger partial charge is 0.416 e. The molecule has 2 aromatic carbocycles. The maximum Gasteiger partial charge on any atom is 0.416 e. The van der Waals surface area contributed by atoms with Crippen molar-refractivity contribution in [3.8, 4) is 5.75 Å². The van der Waals surface area contributed by atoms with Gasteiger partial charge >= 0.3 is 6.18 Å². The summed E-state index contributed by atoms with van der Waals surface area (Å²) in [6.45, 7) is 11.7. The number of β-amino-alcohol motifs (C(OH)–C–C–N with tert-alkyl or cyclic N) is 1. The number of benzene rings is 2. The monoisotopic (exact) mass is 450 g/mol. The van der Waals surface area contributed by atoms with Crippen molar-refractivity contribution in [2.45, 2.75) is 45.4 Å². The van der Waals surface area contributed by atoms with Crippen LogP contribution in [0.15, 0.2) is 42.5 Å². The lowest BCUT2D eigenvalue weighted by atomic mass is 9.85. The van der Waals surface area contributed by atoms with E-state index in [1.807, 2.05) is 24.0 Å². The molecule has 7 heteroatoms. The first kappa shape index (κ1) is 24.4. The van der Waals surface area contributed by atoms with Crippen molar-refractivity contribution >= 4 is 5.69 Å². The molecule has 1 fully saturated rings. The highest BCUT2D eigenvalue weighted by atomic mass is 19.4. The summed E-state index contributed by atoms with van der Waals surface area (Å²) in [6, 6.07) is 11.5. The SMILES string of the molecule is Cc1ccc(OC[C@@H](O)CN2CCN(c3cccc(C(F)(F)F)c3)CC2)c(C(C)(C)C)c1. The van der Waals surface area contributed by atoms with Gasteiger partial charge in [0.2, 0.25) is 0 Å². The third-order valence-corrected chi connectivity index (χ3v) is 5.75. The normalized spacial score (nSPS) is 16.8. The van der Waals surface area contributed by atoms with Crippen LogP contribution in [0.25, 0.3) is 0 Å². The van der Waals surface area contributed by atoms with Crippen LogP contribution in [0, 0.1) is 6.92 Å². The third kappa shape index (κ3) is 6.39. The van der Waals surface area contributed by atoms with Crippen molar-refractivity contribution in [1.82, 2.24) is 4.90 Å². The van der Waals surface area contributed by atoms with Gasteiger partial charge in [0.05, 0.1) is 5.56 Å². The number of aliphatic hydroxyl groups excluding tert-OH is 1. The lowest BCUT2D eigenvalue weighted by Gasteiger charge is -2.37. The van der Waals surface area contributed by atoms with E-state index in [-0.39, 0.29) is 12.0 Å². The topological polar surface area (TPSA) is 35.9 Å². The van der Waals surface area contributed by atoms with Gasteiger partial charge in [-0.3, -0.25) is 4.90 Å². The number of aryl methyl sites for hydroxylation is 1. The van der Waals surface area contributed by atoms with Crippen LogP contribution in [-0.2, 0) is 11.6 Å². The maximum atomic E-state index is 13.0. The molecule has 0 saturated carbocycles. The number of alkyl halides is 3. The van der Waals surface area contributed by atoms with E-state index < -0.39 is 17.8 Å². The number of hydrogen-bond acceptors (Lipinski definition) is 4. The van der Waals surface area contributed by atoms with Crippen molar-refractivity contribution in [3.63, 3.8) is 0 Å². The van der Waals surface area contributed by atoms with E-state index in [1.165, 1.54) is 17.7 Å². The largest absolute Gasteiger partial charge is 0.491 e. The number of halogens is 3. The molecule has 1 heterocycles. The van der Waals surface area contributed by atoms with E-state index in [9.17, 15) is 18.3 Å². The minimum absolute atomic E-state index is 0.0634. The van der Waals surface area contributed by atoms with Gasteiger partial charge in [-0.2, -0.15) is 13.2 Å². The number of hydrogen-bond donors (Lipinski definition) is 1. The molecule has 0 amide bonds. The molecule has 0 unspecified atom stereocenters. The van der Waals surface area contributed by atoms with Crippen molar-refractivity contribution in [3.05, 3.63) is 59.2 Å². The highest BCUT2D eigenvalue weighted by molar-refractivity contribution is 5.49. The minimum Gasteiger partial charge on any atom is -0.491 e. The third-order valence-electron chi connectivity index (χ3n) is 5.75. The van der Waals surface area contributed by atoms with Crippen LogP contribution in [-0.4, -0.2) is 55.4 Å². The molecule has 1 saturated heterocycles. The first-order chi connectivity index (χ1) is 14.9. The standard InChI is InChI=1S/C25H33F3N2O2/c1-18-8-9-23(22(14-18)24(2,3)4)32-17-21(31)16-29-10-12-30(13-11-29)20-7-5-6-19(15-20)25(26,27)28/h5-9,14-15,21,31H,10-13,16-17H2,1-4H3/t21-/m0/s1. The van der Waals surface area contributed by atoms with Gasteiger partial charge < -0.3 is 14.7 Å². The van der Waals surface area contributed by atoms with Crippen LogP contribution in [0.3, 0.4) is 0 Å². The molecule has 3 rings (SSSR count). The average molecular weight is 451 g/mol. The van der Waals surface area contributed by atoms with Crippen LogP contribution in [0.1, 0.15) is 37.5 Å². The number of piperazine rings is 1. The molecule has 176 valence electrons. The fraction of sp³-hybridized carbons (Fsp3) is 0.520. The van der Waals surface area contributed by atoms with Crippen molar-refractivity contribution in [2.75, 3.05) is 44.2 Å². The lowest BCUT2D eigenvalue weighted by molar-refractivity contribution is -0.137. The Balaban J connectivity index is 1.51. The van der Waals surface area contributed by atoms with Crippen LogP contribution in [0.5, 0.6) is 5.75 Å². The Bertz CT molecular complexity index is 901. The molecule has 0 aliphatic carbocycles. The zero-order valence-electron chi connectivity index (χ0n) is 19.2. The fourth-order valence-corrected chi connectivity index (χ4v) is 3.96. The van der Waals surface area contributed by atoms with Gasteiger partial charge in [0.1, 0.15) is 18.5 Å². The van der Waals surface area contributed by atoms with E-state index in [1.54, 1.807) is 6.07 Å². The first-order valence-electron chi connectivity index (χ1n) is 11.0. The molecule has 0 spiro atoms. The van der Waals surface area contributed by atoms with Crippen molar-refractivity contribution < 1.29 is 23.0 Å². The molecule has 32 heavy (non-hydrogen) atoms. The molecule has 0 aromatic heterocycles. The van der Waals surface area contributed by atoms with Gasteiger partial charge in [0, 0.05) is 38.4 Å². The Morgan fingerprint density at radius 1 is 1.00 bits per heavy atom. The van der Waals surface area contributed by atoms with Crippen LogP contribution >= 0.6 is 0 Å². The number of ether oxygens (including phenoxy) is 1. The Hall–Kier alpha value is -2.25. The molecule has 0 radical (unpaired) electrons. The first-order valence-corrected chi connectivity index (χ1v) is 11.0. The predicted octanol–water partition coefficient (Wildman–Crippen LogP) is 4.87. The van der Waals surface area contributed by atoms with E-state index in [0.717, 1.165) is 17.4 Å². The highest BCUT2D eigenvalue weighted by Crippen LogP contribution is 2.33. The summed E-state index contributed by atoms with van der Waals surface area (Å²) in [4.78, 5) is 4.08. The summed E-state index contributed by atoms with van der Waals surface area (Å²) in [5.74, 6) is 0.788. The Kier molecular flexibility index (Phi) is 7.40. The maximum absolute atomic E-state index is 13.0. The van der Waals surface area contributed by atoms with Crippen LogP contribution < -0.4 is 9.64 Å². The van der Waals surface area contributed by atoms with Gasteiger partial charge in [-0.15, -0.1) is 0 Å². The Morgan fingerprint density at radius 2 is 1.69 bits per heavy atom. The summed E-state index contributed by atoms with van der Waals surface area (Å²) in [6.07, 6.45) is -4.99. The zero-order chi connectivity index (χ0) is 23.5. The summed E-state index contributed by atoms with van der Waals surface area (Å²) >= 11 is 0. The molecule has 4 nitrogen and oxygen atoms in total. The second-order valence-electron chi connectivity index (χ2n) is 9.55. The Labute approximate surface area is 188 Å². The summed E-state index contributed by atoms with van der Waals surface area (Å²) in [7, 11) is 0. The van der Waals surface area contributed by atoms with Crippen molar-refractivity contribution in [2.24, 2.45) is 0 Å². The van der Waals surface area contributed by atoms with E-state index in [4.69, 9.17) is 4.74 Å². The lowest BCUT2D eigenvalue weighted by Crippen LogP contribution is -2.49. The van der Waals surface area contributed by atoms with Crippen LogP contribution in [0.2, 0.25) is 0 Å². The number of aliphatic hydroxyl groups is 1. The quantitative estimate of drug-likeness (QED) is 0.681. The molecular weight excluding hydrogens is 417 g/mol. The molecular formula is C25H33F3N2O2. The van der Waals surface area contributed by atoms with Crippen molar-refractivity contribution in [1.29, 1.82) is 0 Å². The average Bonchev–Trinajstić information content (AvgIpc) is 2.72. The van der Waals surface area contributed by atoms with Gasteiger partial charge in [-0.1, -0.05) is 44.5 Å². The second-order valence-corrected chi connectivity index (χ2v) is 9.55. The van der Waals surface area contributed by atoms with E-state index >= 15 is 0 Å². The van der Waals surface area contributed by atoms with E-state index in [2.05, 4.69) is 31.7 Å². The molecule has 1 N–H and O–H groups in total. The molecule has 1 atom stereocenters. The van der Waals surface area contributed by atoms with Gasteiger partial charge in [-0.05, 0) is 42.2 Å². The van der Waals surface area contributed by atoms with Crippen LogP contribution in [0.4, 0.5) is 18.9 Å². The van der Waals surface area contributed by atoms with Gasteiger partial charge in [-0.25, -0.2) is 0 Å². The molecule has 1 aliphatic rings. The number of anilines is 1. The second kappa shape index (κ2) is 9.71. The van der Waals surface area contributed by atoms with Gasteiger partial charge in [0.15, 0.2) is 0 Å². The number of nitrogens with zero attached hydrogens (tertiary/aromatic N) is 2. The molecule has 1 aliphatic heterocycles. The Morgan fingerprint density at radius 3 is 2.31 bits per heavy atom. The highest BCUT2D eigenvalue weighted by Gasteiger charge is 2.31. The minimum atomic E-state index is -4.34. The fourth-order valence-electron chi connectivity index (χ4n) is 3.96. The van der Waals surface area contributed by atoms with E-state index in [0.29, 0.717) is 38.4 Å². The number of rotatable bonds is 6. The molecule has 2 aromatic rings. The zero-order valence-corrected chi connectivity index (χ0v) is 19.2. The predicted molar refractivity (Wildman–Crippen MR) is 121 cm³/mol. The summed E-state index contributed by atoms with van der Waals surface area (Å²) < 4.78 is 44.9.